The molecule has 0 aliphatic carbocycles. The Bertz CT molecular complexity index is 639. The van der Waals surface area contributed by atoms with Gasteiger partial charge in [-0.25, -0.2) is 9.97 Å². The Kier molecular flexibility index (Phi) is 4.77. The Hall–Kier alpha value is -2.54. The number of nitrogens with zero attached hydrogens (tertiary/aromatic N) is 5. The summed E-state index contributed by atoms with van der Waals surface area (Å²) in [6, 6.07) is 3.88. The van der Waals surface area contributed by atoms with Gasteiger partial charge in [-0.2, -0.15) is 0 Å². The van der Waals surface area contributed by atoms with E-state index >= 15 is 0 Å². The van der Waals surface area contributed by atoms with Crippen molar-refractivity contribution in [3.05, 3.63) is 48.2 Å². The maximum Gasteiger partial charge on any atom is 0.274 e. The van der Waals surface area contributed by atoms with Gasteiger partial charge in [-0.3, -0.25) is 14.7 Å². The summed E-state index contributed by atoms with van der Waals surface area (Å²) in [5.41, 5.74) is 1.54. The normalized spacial score (nSPS) is 15.4. The van der Waals surface area contributed by atoms with Gasteiger partial charge in [0.05, 0.1) is 13.3 Å². The molecule has 3 rings (SSSR count). The highest BCUT2D eigenvalue weighted by Gasteiger charge is 2.23. The van der Waals surface area contributed by atoms with Crippen molar-refractivity contribution in [2.24, 2.45) is 0 Å². The highest BCUT2D eigenvalue weighted by molar-refractivity contribution is 5.92. The molecule has 0 radical (unpaired) electrons. The second kappa shape index (κ2) is 7.15. The molecule has 7 nitrogen and oxygen atoms in total. The van der Waals surface area contributed by atoms with E-state index in [4.69, 9.17) is 4.74 Å². The molecule has 0 atom stereocenters. The number of pyridine rings is 1. The molecule has 0 aromatic carbocycles. The average Bonchev–Trinajstić information content (AvgIpc) is 2.63. The van der Waals surface area contributed by atoms with Crippen LogP contribution in [0.3, 0.4) is 0 Å². The van der Waals surface area contributed by atoms with Crippen LogP contribution in [0.1, 0.15) is 16.1 Å². The van der Waals surface area contributed by atoms with E-state index in [1.807, 2.05) is 23.2 Å². The summed E-state index contributed by atoms with van der Waals surface area (Å²) in [6.07, 6.45) is 6.45. The van der Waals surface area contributed by atoms with Crippen LogP contribution in [-0.4, -0.2) is 63.9 Å². The maximum absolute atomic E-state index is 12.3. The first-order valence-electron chi connectivity index (χ1n) is 7.53. The number of amides is 1. The third-order valence-electron chi connectivity index (χ3n) is 3.85. The number of ether oxygens (including phenoxy) is 1. The fourth-order valence-corrected chi connectivity index (χ4v) is 2.56. The molecule has 1 amide bonds. The van der Waals surface area contributed by atoms with Crippen LogP contribution in [0.15, 0.2) is 36.9 Å². The van der Waals surface area contributed by atoms with Crippen LogP contribution < -0.4 is 4.74 Å². The minimum atomic E-state index is -0.0520. The number of methoxy groups -OCH3 is 1. The summed E-state index contributed by atoms with van der Waals surface area (Å²) in [5.74, 6) is 0.567. The van der Waals surface area contributed by atoms with E-state index in [1.54, 1.807) is 19.5 Å². The summed E-state index contributed by atoms with van der Waals surface area (Å²) in [6.45, 7) is 3.87. The second-order valence-electron chi connectivity index (χ2n) is 5.37. The molecule has 23 heavy (non-hydrogen) atoms. The van der Waals surface area contributed by atoms with Gasteiger partial charge in [0.15, 0.2) is 0 Å². The summed E-state index contributed by atoms with van der Waals surface area (Å²) in [5, 5.41) is 0. The van der Waals surface area contributed by atoms with Crippen molar-refractivity contribution in [2.45, 2.75) is 6.54 Å². The van der Waals surface area contributed by atoms with Crippen molar-refractivity contribution in [2.75, 3.05) is 33.3 Å². The minimum Gasteiger partial charge on any atom is -0.481 e. The number of rotatable bonds is 4. The Balaban J connectivity index is 1.53. The van der Waals surface area contributed by atoms with Crippen molar-refractivity contribution < 1.29 is 9.53 Å². The third kappa shape index (κ3) is 3.81. The van der Waals surface area contributed by atoms with Crippen LogP contribution >= 0.6 is 0 Å². The molecule has 2 aromatic heterocycles. The van der Waals surface area contributed by atoms with E-state index in [0.717, 1.165) is 25.2 Å². The Morgan fingerprint density at radius 3 is 2.57 bits per heavy atom. The molecular formula is C16H19N5O2. The lowest BCUT2D eigenvalue weighted by molar-refractivity contribution is 0.0622. The zero-order valence-electron chi connectivity index (χ0n) is 13.1. The van der Waals surface area contributed by atoms with E-state index < -0.39 is 0 Å². The molecule has 7 heteroatoms. The van der Waals surface area contributed by atoms with Gasteiger partial charge in [-0.05, 0) is 5.56 Å². The first-order valence-corrected chi connectivity index (χ1v) is 7.53. The van der Waals surface area contributed by atoms with E-state index in [1.165, 1.54) is 6.20 Å². The van der Waals surface area contributed by atoms with Gasteiger partial charge in [-0.15, -0.1) is 0 Å². The number of carbonyl (C=O) groups excluding carboxylic acids is 1. The average molecular weight is 313 g/mol. The van der Waals surface area contributed by atoms with Crippen LogP contribution in [0.5, 0.6) is 5.88 Å². The molecule has 0 spiro atoms. The quantitative estimate of drug-likeness (QED) is 0.833. The molecule has 1 aliphatic heterocycles. The van der Waals surface area contributed by atoms with Crippen molar-refractivity contribution in [3.8, 4) is 5.88 Å². The first kappa shape index (κ1) is 15.4. The SMILES string of the molecule is COc1ccc(CN2CCN(C(=O)c3cnccn3)CC2)cn1. The lowest BCUT2D eigenvalue weighted by Crippen LogP contribution is -2.48. The number of carbonyl (C=O) groups is 1. The number of hydrogen-bond donors (Lipinski definition) is 0. The number of piperazine rings is 1. The van der Waals surface area contributed by atoms with Crippen LogP contribution in [0.2, 0.25) is 0 Å². The maximum atomic E-state index is 12.3. The Morgan fingerprint density at radius 1 is 1.13 bits per heavy atom. The van der Waals surface area contributed by atoms with Gasteiger partial charge >= 0.3 is 0 Å². The van der Waals surface area contributed by atoms with Crippen LogP contribution in [0.4, 0.5) is 0 Å². The molecule has 1 aliphatic rings. The van der Waals surface area contributed by atoms with E-state index in [0.29, 0.717) is 24.7 Å². The monoisotopic (exact) mass is 313 g/mol. The van der Waals surface area contributed by atoms with Crippen molar-refractivity contribution in [1.29, 1.82) is 0 Å². The second-order valence-corrected chi connectivity index (χ2v) is 5.37. The molecule has 0 saturated carbocycles. The molecule has 0 N–H and O–H groups in total. The first-order chi connectivity index (χ1) is 11.3. The van der Waals surface area contributed by atoms with Crippen LogP contribution in [0.25, 0.3) is 0 Å². The van der Waals surface area contributed by atoms with E-state index in [-0.39, 0.29) is 5.91 Å². The summed E-state index contributed by atoms with van der Waals surface area (Å²) in [4.78, 5) is 28.7. The van der Waals surface area contributed by atoms with E-state index in [9.17, 15) is 4.79 Å². The van der Waals surface area contributed by atoms with Gasteiger partial charge in [0, 0.05) is 57.4 Å². The van der Waals surface area contributed by atoms with Crippen LogP contribution in [0, 0.1) is 0 Å². The minimum absolute atomic E-state index is 0.0520. The van der Waals surface area contributed by atoms with Gasteiger partial charge in [0.1, 0.15) is 5.69 Å². The van der Waals surface area contributed by atoms with Gasteiger partial charge in [-0.1, -0.05) is 6.07 Å². The lowest BCUT2D eigenvalue weighted by Gasteiger charge is -2.34. The zero-order valence-corrected chi connectivity index (χ0v) is 13.1. The standard InChI is InChI=1S/C16H19N5O2/c1-23-15-3-2-13(10-19-15)12-20-6-8-21(9-7-20)16(22)14-11-17-4-5-18-14/h2-5,10-11H,6-9,12H2,1H3. The molecule has 2 aromatic rings. The summed E-state index contributed by atoms with van der Waals surface area (Å²) < 4.78 is 5.06. The van der Waals surface area contributed by atoms with Crippen molar-refractivity contribution in [3.63, 3.8) is 0 Å². The molecular weight excluding hydrogens is 294 g/mol. The van der Waals surface area contributed by atoms with Crippen molar-refractivity contribution in [1.82, 2.24) is 24.8 Å². The summed E-state index contributed by atoms with van der Waals surface area (Å²) >= 11 is 0. The van der Waals surface area contributed by atoms with Gasteiger partial charge < -0.3 is 9.64 Å². The third-order valence-corrected chi connectivity index (χ3v) is 3.85. The Morgan fingerprint density at radius 2 is 1.96 bits per heavy atom. The molecule has 120 valence electrons. The predicted molar refractivity (Wildman–Crippen MR) is 84.0 cm³/mol. The zero-order chi connectivity index (χ0) is 16.1. The Labute approximate surface area is 134 Å². The molecule has 3 heterocycles. The highest BCUT2D eigenvalue weighted by atomic mass is 16.5. The number of hydrogen-bond acceptors (Lipinski definition) is 6. The smallest absolute Gasteiger partial charge is 0.274 e. The molecule has 1 fully saturated rings. The highest BCUT2D eigenvalue weighted by Crippen LogP contribution is 2.12. The fourth-order valence-electron chi connectivity index (χ4n) is 2.56. The van der Waals surface area contributed by atoms with Gasteiger partial charge in [0.25, 0.3) is 5.91 Å². The largest absolute Gasteiger partial charge is 0.481 e. The van der Waals surface area contributed by atoms with Crippen molar-refractivity contribution >= 4 is 5.91 Å². The van der Waals surface area contributed by atoms with E-state index in [2.05, 4.69) is 19.9 Å². The van der Waals surface area contributed by atoms with Gasteiger partial charge in [0.2, 0.25) is 5.88 Å². The topological polar surface area (TPSA) is 71.5 Å². The predicted octanol–water partition coefficient (Wildman–Crippen LogP) is 0.838. The molecule has 0 unspecified atom stereocenters. The summed E-state index contributed by atoms with van der Waals surface area (Å²) in [7, 11) is 1.61. The lowest BCUT2D eigenvalue weighted by atomic mass is 10.2. The molecule has 1 saturated heterocycles. The number of aromatic nitrogens is 3. The fraction of sp³-hybridized carbons (Fsp3) is 0.375. The van der Waals surface area contributed by atoms with Crippen LogP contribution in [-0.2, 0) is 6.54 Å². The molecule has 0 bridgehead atoms.